The molecule has 1 aliphatic heterocycles. The molecule has 1 fully saturated rings. The third-order valence-corrected chi connectivity index (χ3v) is 5.11. The molecule has 3 rings (SSSR count). The van der Waals surface area contributed by atoms with Crippen LogP contribution in [0.1, 0.15) is 53.1 Å². The van der Waals surface area contributed by atoms with Crippen molar-refractivity contribution in [3.63, 3.8) is 0 Å². The molecule has 0 aliphatic carbocycles. The standard InChI is InChI=1S/C21H28N4O2/c1-14(20(2,3)4)23-18-22-13-12-16(24-18)25-17(15-10-8-7-9-11-15)21(5,6)27-19(25)26/h7-14,17H,1-6H3,(H,22,23,24)/t14-,17?/m0/s1. The quantitative estimate of drug-likeness (QED) is 0.839. The smallest absolute Gasteiger partial charge is 0.416 e. The monoisotopic (exact) mass is 368 g/mol. The third kappa shape index (κ3) is 3.89. The van der Waals surface area contributed by atoms with E-state index in [2.05, 4.69) is 43.0 Å². The van der Waals surface area contributed by atoms with Crippen LogP contribution in [-0.2, 0) is 4.74 Å². The van der Waals surface area contributed by atoms with Crippen LogP contribution in [0.2, 0.25) is 0 Å². The average Bonchev–Trinajstić information content (AvgIpc) is 2.83. The molecule has 2 aromatic rings. The molecular formula is C21H28N4O2. The van der Waals surface area contributed by atoms with Crippen molar-refractivity contribution in [1.29, 1.82) is 0 Å². The molecule has 1 aromatic heterocycles. The maximum absolute atomic E-state index is 12.7. The molecule has 1 amide bonds. The number of aromatic nitrogens is 2. The van der Waals surface area contributed by atoms with E-state index < -0.39 is 11.7 Å². The summed E-state index contributed by atoms with van der Waals surface area (Å²) >= 11 is 0. The summed E-state index contributed by atoms with van der Waals surface area (Å²) in [4.78, 5) is 23.2. The fraction of sp³-hybridized carbons (Fsp3) is 0.476. The number of carbonyl (C=O) groups is 1. The topological polar surface area (TPSA) is 67.4 Å². The van der Waals surface area contributed by atoms with E-state index in [1.807, 2.05) is 44.2 Å². The fourth-order valence-electron chi connectivity index (χ4n) is 3.12. The summed E-state index contributed by atoms with van der Waals surface area (Å²) in [6.07, 6.45) is 1.27. The number of hydrogen-bond donors (Lipinski definition) is 1. The van der Waals surface area contributed by atoms with Gasteiger partial charge in [0.15, 0.2) is 0 Å². The molecular weight excluding hydrogens is 340 g/mol. The lowest BCUT2D eigenvalue weighted by Crippen LogP contribution is -2.35. The number of rotatable bonds is 4. The van der Waals surface area contributed by atoms with Crippen molar-refractivity contribution in [2.45, 2.75) is 59.2 Å². The molecule has 0 spiro atoms. The first-order chi connectivity index (χ1) is 12.6. The number of nitrogens with zero attached hydrogens (tertiary/aromatic N) is 3. The Labute approximate surface area is 161 Å². The van der Waals surface area contributed by atoms with Crippen molar-refractivity contribution in [2.75, 3.05) is 10.2 Å². The molecule has 2 atom stereocenters. The summed E-state index contributed by atoms with van der Waals surface area (Å²) in [6, 6.07) is 11.5. The minimum atomic E-state index is -0.671. The number of nitrogens with one attached hydrogen (secondary N) is 1. The van der Waals surface area contributed by atoms with Gasteiger partial charge < -0.3 is 10.1 Å². The number of hydrogen-bond acceptors (Lipinski definition) is 5. The maximum Gasteiger partial charge on any atom is 0.416 e. The minimum Gasteiger partial charge on any atom is -0.440 e. The highest BCUT2D eigenvalue weighted by Gasteiger charge is 2.49. The highest BCUT2D eigenvalue weighted by Crippen LogP contribution is 2.43. The first-order valence-electron chi connectivity index (χ1n) is 9.26. The zero-order valence-corrected chi connectivity index (χ0v) is 16.9. The first kappa shape index (κ1) is 19.1. The lowest BCUT2D eigenvalue weighted by Gasteiger charge is -2.30. The first-order valence-corrected chi connectivity index (χ1v) is 9.26. The van der Waals surface area contributed by atoms with E-state index in [9.17, 15) is 4.79 Å². The van der Waals surface area contributed by atoms with Crippen molar-refractivity contribution < 1.29 is 9.53 Å². The van der Waals surface area contributed by atoms with Gasteiger partial charge in [-0.25, -0.2) is 14.7 Å². The molecule has 1 N–H and O–H groups in total. The van der Waals surface area contributed by atoms with Gasteiger partial charge in [-0.05, 0) is 37.8 Å². The molecule has 1 aliphatic rings. The molecule has 6 nitrogen and oxygen atoms in total. The Hall–Kier alpha value is -2.63. The van der Waals surface area contributed by atoms with Gasteiger partial charge in [-0.3, -0.25) is 0 Å². The van der Waals surface area contributed by atoms with Crippen molar-refractivity contribution >= 4 is 17.9 Å². The van der Waals surface area contributed by atoms with E-state index in [0.29, 0.717) is 11.8 Å². The normalized spacial score (nSPS) is 20.3. The molecule has 0 saturated carbocycles. The number of cyclic esters (lactones) is 1. The van der Waals surface area contributed by atoms with Crippen molar-refractivity contribution in [3.8, 4) is 0 Å². The van der Waals surface area contributed by atoms with Gasteiger partial charge in [-0.1, -0.05) is 51.1 Å². The second-order valence-electron chi connectivity index (χ2n) is 8.63. The number of carbonyl (C=O) groups excluding carboxylic acids is 1. The predicted molar refractivity (Wildman–Crippen MR) is 107 cm³/mol. The zero-order valence-electron chi connectivity index (χ0n) is 16.9. The molecule has 6 heteroatoms. The van der Waals surface area contributed by atoms with Gasteiger partial charge in [0, 0.05) is 12.2 Å². The molecule has 1 saturated heterocycles. The van der Waals surface area contributed by atoms with Crippen molar-refractivity contribution in [2.24, 2.45) is 5.41 Å². The molecule has 27 heavy (non-hydrogen) atoms. The van der Waals surface area contributed by atoms with Crippen LogP contribution in [0.4, 0.5) is 16.6 Å². The van der Waals surface area contributed by atoms with E-state index in [0.717, 1.165) is 5.56 Å². The van der Waals surface area contributed by atoms with E-state index >= 15 is 0 Å². The van der Waals surface area contributed by atoms with E-state index in [4.69, 9.17) is 4.74 Å². The molecule has 1 aromatic carbocycles. The van der Waals surface area contributed by atoms with E-state index in [1.165, 1.54) is 0 Å². The van der Waals surface area contributed by atoms with Crippen LogP contribution >= 0.6 is 0 Å². The summed E-state index contributed by atoms with van der Waals surface area (Å²) in [6.45, 7) is 12.4. The number of amides is 1. The summed E-state index contributed by atoms with van der Waals surface area (Å²) in [5.74, 6) is 1.03. The minimum absolute atomic E-state index is 0.0561. The van der Waals surface area contributed by atoms with Gasteiger partial charge in [0.1, 0.15) is 17.5 Å². The number of anilines is 2. The second-order valence-corrected chi connectivity index (χ2v) is 8.63. The Morgan fingerprint density at radius 2 is 1.85 bits per heavy atom. The predicted octanol–water partition coefficient (Wildman–Crippen LogP) is 4.80. The van der Waals surface area contributed by atoms with E-state index in [-0.39, 0.29) is 17.5 Å². The van der Waals surface area contributed by atoms with Crippen LogP contribution in [0.25, 0.3) is 0 Å². The lowest BCUT2D eigenvalue weighted by molar-refractivity contribution is 0.0685. The van der Waals surface area contributed by atoms with Crippen LogP contribution in [0, 0.1) is 5.41 Å². The molecule has 1 unspecified atom stereocenters. The van der Waals surface area contributed by atoms with Crippen LogP contribution in [-0.4, -0.2) is 27.7 Å². The summed E-state index contributed by atoms with van der Waals surface area (Å²) in [5, 5.41) is 3.33. The second kappa shape index (κ2) is 6.83. The summed E-state index contributed by atoms with van der Waals surface area (Å²) in [5.41, 5.74) is 0.389. The van der Waals surface area contributed by atoms with Crippen LogP contribution < -0.4 is 10.2 Å². The van der Waals surface area contributed by atoms with Crippen LogP contribution in [0.5, 0.6) is 0 Å². The van der Waals surface area contributed by atoms with Gasteiger partial charge in [0.05, 0.1) is 0 Å². The SMILES string of the molecule is C[C@H](Nc1nccc(N2C(=O)OC(C)(C)C2c2ccccc2)n1)C(C)(C)C. The van der Waals surface area contributed by atoms with Crippen molar-refractivity contribution in [1.82, 2.24) is 9.97 Å². The molecule has 2 heterocycles. The van der Waals surface area contributed by atoms with Gasteiger partial charge >= 0.3 is 6.09 Å². The Morgan fingerprint density at radius 3 is 2.48 bits per heavy atom. The van der Waals surface area contributed by atoms with E-state index in [1.54, 1.807) is 17.2 Å². The van der Waals surface area contributed by atoms with Crippen LogP contribution in [0.15, 0.2) is 42.6 Å². The lowest BCUT2D eigenvalue weighted by atomic mass is 9.88. The van der Waals surface area contributed by atoms with Crippen molar-refractivity contribution in [3.05, 3.63) is 48.2 Å². The number of benzene rings is 1. The largest absolute Gasteiger partial charge is 0.440 e. The number of ether oxygens (including phenoxy) is 1. The zero-order chi connectivity index (χ0) is 19.8. The highest BCUT2D eigenvalue weighted by molar-refractivity contribution is 5.90. The van der Waals surface area contributed by atoms with Gasteiger partial charge in [0.25, 0.3) is 0 Å². The Kier molecular flexibility index (Phi) is 4.84. The van der Waals surface area contributed by atoms with Gasteiger partial charge in [-0.2, -0.15) is 4.98 Å². The maximum atomic E-state index is 12.7. The average molecular weight is 368 g/mol. The Balaban J connectivity index is 1.96. The Bertz CT molecular complexity index is 814. The summed E-state index contributed by atoms with van der Waals surface area (Å²) in [7, 11) is 0. The molecule has 0 radical (unpaired) electrons. The van der Waals surface area contributed by atoms with Gasteiger partial charge in [-0.15, -0.1) is 0 Å². The van der Waals surface area contributed by atoms with Crippen LogP contribution in [0.3, 0.4) is 0 Å². The highest BCUT2D eigenvalue weighted by atomic mass is 16.6. The molecule has 0 bridgehead atoms. The van der Waals surface area contributed by atoms with Gasteiger partial charge in [0.2, 0.25) is 5.95 Å². The fourth-order valence-corrected chi connectivity index (χ4v) is 3.12. The third-order valence-electron chi connectivity index (χ3n) is 5.11. The molecule has 144 valence electrons. The summed E-state index contributed by atoms with van der Waals surface area (Å²) < 4.78 is 5.66. The Morgan fingerprint density at radius 1 is 1.19 bits per heavy atom.